The van der Waals surface area contributed by atoms with Crippen LogP contribution in [-0.4, -0.2) is 33.0 Å². The molecule has 3 aromatic heterocycles. The molecule has 0 aliphatic rings. The van der Waals surface area contributed by atoms with Crippen molar-refractivity contribution in [2.24, 2.45) is 7.05 Å². The number of carbonyl (C=O) groups excluding carboxylic acids is 2. The number of nitrogens with zero attached hydrogens (tertiary/aromatic N) is 3. The molecule has 0 saturated carbocycles. The Morgan fingerprint density at radius 1 is 0.947 bits per heavy atom. The number of amides is 2. The molecule has 0 unspecified atom stereocenters. The van der Waals surface area contributed by atoms with E-state index in [-0.39, 0.29) is 23.1 Å². The van der Waals surface area contributed by atoms with Crippen molar-refractivity contribution in [3.63, 3.8) is 0 Å². The van der Waals surface area contributed by atoms with E-state index in [1.54, 1.807) is 45.3 Å². The Morgan fingerprint density at radius 3 is 2.32 bits per heavy atom. The van der Waals surface area contributed by atoms with Crippen LogP contribution in [0, 0.1) is 20.8 Å². The van der Waals surface area contributed by atoms with Gasteiger partial charge in [0.1, 0.15) is 5.76 Å². The quantitative estimate of drug-likeness (QED) is 0.363. The van der Waals surface area contributed by atoms with Gasteiger partial charge in [-0.15, -0.1) is 0 Å². The van der Waals surface area contributed by atoms with E-state index in [0.717, 1.165) is 22.4 Å². The van der Waals surface area contributed by atoms with Crippen LogP contribution in [0.1, 0.15) is 38.0 Å². The minimum atomic E-state index is -0.376. The van der Waals surface area contributed by atoms with Gasteiger partial charge in [-0.2, -0.15) is 4.74 Å². The highest BCUT2D eigenvalue weighted by Crippen LogP contribution is 2.31. The van der Waals surface area contributed by atoms with E-state index >= 15 is 0 Å². The maximum atomic E-state index is 13.3. The fourth-order valence-corrected chi connectivity index (χ4v) is 4.70. The van der Waals surface area contributed by atoms with Crippen molar-refractivity contribution in [3.05, 3.63) is 99.6 Å². The lowest BCUT2D eigenvalue weighted by atomic mass is 10.0. The molecule has 0 aliphatic heterocycles. The van der Waals surface area contributed by atoms with Gasteiger partial charge in [0.05, 0.1) is 16.8 Å². The Balaban J connectivity index is 1.52. The summed E-state index contributed by atoms with van der Waals surface area (Å²) in [5, 5.41) is 5.45. The summed E-state index contributed by atoms with van der Waals surface area (Å²) in [6.07, 6.45) is 1.89. The molecule has 0 fully saturated rings. The molecule has 0 bridgehead atoms. The summed E-state index contributed by atoms with van der Waals surface area (Å²) in [4.78, 5) is 42.3. The first-order chi connectivity index (χ1) is 18.2. The molecule has 9 heteroatoms. The van der Waals surface area contributed by atoms with Crippen LogP contribution in [0.4, 0.5) is 5.69 Å². The molecule has 192 valence electrons. The summed E-state index contributed by atoms with van der Waals surface area (Å²) in [6.45, 7) is 5.59. The number of benzene rings is 2. The summed E-state index contributed by atoms with van der Waals surface area (Å²) in [6, 6.07) is 16.4. The van der Waals surface area contributed by atoms with Crippen molar-refractivity contribution >= 4 is 23.0 Å². The van der Waals surface area contributed by atoms with Crippen LogP contribution in [0.15, 0.2) is 70.1 Å². The Labute approximate surface area is 218 Å². The standard InChI is InChI=1S/C29H27N5O4/c1-16-15-34-17(2)23(19-9-11-20(12-10-19)25-18(3)38-33(5)29(25)37)14-24(34)26(31-16)28(36)32-22-8-6-7-21(13-22)27(35)30-4/h6-15H,1-5H3,(H,30,35)(H,32,36). The van der Waals surface area contributed by atoms with Crippen LogP contribution in [-0.2, 0) is 7.05 Å². The molecule has 0 saturated heterocycles. The van der Waals surface area contributed by atoms with Crippen molar-refractivity contribution in [2.45, 2.75) is 20.8 Å². The normalized spacial score (nSPS) is 11.1. The van der Waals surface area contributed by atoms with Gasteiger partial charge in [0.25, 0.3) is 17.4 Å². The number of hydrogen-bond acceptors (Lipinski definition) is 5. The lowest BCUT2D eigenvalue weighted by Crippen LogP contribution is -2.19. The number of aromatic nitrogens is 3. The predicted octanol–water partition coefficient (Wildman–Crippen LogP) is 4.50. The Morgan fingerprint density at radius 2 is 1.66 bits per heavy atom. The highest BCUT2D eigenvalue weighted by Gasteiger charge is 2.19. The molecule has 38 heavy (non-hydrogen) atoms. The van der Waals surface area contributed by atoms with E-state index in [4.69, 9.17) is 4.52 Å². The van der Waals surface area contributed by atoms with Gasteiger partial charge in [0.15, 0.2) is 5.69 Å². The van der Waals surface area contributed by atoms with E-state index < -0.39 is 0 Å². The molecule has 9 nitrogen and oxygen atoms in total. The number of fused-ring (bicyclic) bond motifs is 1. The number of nitrogens with one attached hydrogen (secondary N) is 2. The zero-order valence-corrected chi connectivity index (χ0v) is 21.7. The molecule has 2 amide bonds. The van der Waals surface area contributed by atoms with Gasteiger partial charge in [-0.3, -0.25) is 14.4 Å². The van der Waals surface area contributed by atoms with Gasteiger partial charge < -0.3 is 19.6 Å². The van der Waals surface area contributed by atoms with E-state index in [9.17, 15) is 14.4 Å². The van der Waals surface area contributed by atoms with Crippen molar-refractivity contribution in [1.29, 1.82) is 0 Å². The number of rotatable bonds is 5. The molecule has 0 aliphatic carbocycles. The third-order valence-corrected chi connectivity index (χ3v) is 6.57. The maximum absolute atomic E-state index is 13.3. The zero-order valence-electron chi connectivity index (χ0n) is 21.7. The van der Waals surface area contributed by atoms with Crippen LogP contribution in [0.5, 0.6) is 0 Å². The zero-order chi connectivity index (χ0) is 27.1. The van der Waals surface area contributed by atoms with Crippen LogP contribution in [0.25, 0.3) is 27.8 Å². The first-order valence-electron chi connectivity index (χ1n) is 12.1. The summed E-state index contributed by atoms with van der Waals surface area (Å²) in [5.74, 6) is -0.0501. The largest absolute Gasteiger partial charge is 0.381 e. The average Bonchev–Trinajstić information content (AvgIpc) is 3.37. The molecule has 0 atom stereocenters. The van der Waals surface area contributed by atoms with Crippen molar-refractivity contribution < 1.29 is 14.1 Å². The van der Waals surface area contributed by atoms with Crippen molar-refractivity contribution in [3.8, 4) is 22.3 Å². The molecule has 0 radical (unpaired) electrons. The maximum Gasteiger partial charge on any atom is 0.290 e. The lowest BCUT2D eigenvalue weighted by Gasteiger charge is -2.09. The second-order valence-corrected chi connectivity index (χ2v) is 9.15. The third-order valence-electron chi connectivity index (χ3n) is 6.57. The van der Waals surface area contributed by atoms with Gasteiger partial charge in [-0.1, -0.05) is 30.3 Å². The smallest absolute Gasteiger partial charge is 0.290 e. The Kier molecular flexibility index (Phi) is 6.20. The third kappa shape index (κ3) is 4.28. The molecular formula is C29H27N5O4. The summed E-state index contributed by atoms with van der Waals surface area (Å²) < 4.78 is 8.60. The van der Waals surface area contributed by atoms with Crippen molar-refractivity contribution in [2.75, 3.05) is 12.4 Å². The molecule has 5 aromatic rings. The topological polar surface area (TPSA) is 111 Å². The monoisotopic (exact) mass is 509 g/mol. The minimum Gasteiger partial charge on any atom is -0.381 e. The fraction of sp³-hybridized carbons (Fsp3) is 0.172. The highest BCUT2D eigenvalue weighted by molar-refractivity contribution is 6.08. The molecule has 2 aromatic carbocycles. The van der Waals surface area contributed by atoms with Crippen molar-refractivity contribution in [1.82, 2.24) is 19.4 Å². The highest BCUT2D eigenvalue weighted by atomic mass is 16.5. The fourth-order valence-electron chi connectivity index (χ4n) is 4.70. The molecule has 3 heterocycles. The number of aryl methyl sites for hydroxylation is 4. The lowest BCUT2D eigenvalue weighted by molar-refractivity contribution is 0.0961. The molecule has 2 N–H and O–H groups in total. The summed E-state index contributed by atoms with van der Waals surface area (Å²) in [5.41, 5.74) is 6.53. The summed E-state index contributed by atoms with van der Waals surface area (Å²) >= 11 is 0. The molecule has 0 spiro atoms. The van der Waals surface area contributed by atoms with Crippen LogP contribution in [0.3, 0.4) is 0 Å². The second-order valence-electron chi connectivity index (χ2n) is 9.15. The van der Waals surface area contributed by atoms with E-state index in [2.05, 4.69) is 15.6 Å². The van der Waals surface area contributed by atoms with Gasteiger partial charge in [-0.05, 0) is 56.2 Å². The van der Waals surface area contributed by atoms with Gasteiger partial charge in [0, 0.05) is 42.8 Å². The Bertz CT molecular complexity index is 1770. The SMILES string of the molecule is CNC(=O)c1cccc(NC(=O)c2nc(C)cn3c(C)c(-c4ccc(-c5c(C)on(C)c5=O)cc4)cc23)c1. The van der Waals surface area contributed by atoms with Gasteiger partial charge >= 0.3 is 0 Å². The van der Waals surface area contributed by atoms with E-state index in [1.165, 1.54) is 4.74 Å². The summed E-state index contributed by atoms with van der Waals surface area (Å²) in [7, 11) is 3.15. The molecular weight excluding hydrogens is 482 g/mol. The van der Waals surface area contributed by atoms with Crippen LogP contribution < -0.4 is 16.2 Å². The first kappa shape index (κ1) is 24.8. The van der Waals surface area contributed by atoms with Crippen LogP contribution in [0.2, 0.25) is 0 Å². The van der Waals surface area contributed by atoms with Crippen LogP contribution >= 0.6 is 0 Å². The predicted molar refractivity (Wildman–Crippen MR) is 146 cm³/mol. The molecule has 5 rings (SSSR count). The van der Waals surface area contributed by atoms with E-state index in [0.29, 0.717) is 33.8 Å². The minimum absolute atomic E-state index is 0.181. The first-order valence-corrected chi connectivity index (χ1v) is 12.1. The Hall–Kier alpha value is -4.92. The van der Waals surface area contributed by atoms with E-state index in [1.807, 2.05) is 54.8 Å². The number of anilines is 1. The number of hydrogen-bond donors (Lipinski definition) is 2. The second kappa shape index (κ2) is 9.51. The average molecular weight is 510 g/mol. The number of carbonyl (C=O) groups is 2. The van der Waals surface area contributed by atoms with Gasteiger partial charge in [0.2, 0.25) is 0 Å². The van der Waals surface area contributed by atoms with Gasteiger partial charge in [-0.25, -0.2) is 4.98 Å².